The Labute approximate surface area is 164 Å². The van der Waals surface area contributed by atoms with Crippen LogP contribution >= 0.6 is 0 Å². The summed E-state index contributed by atoms with van der Waals surface area (Å²) in [5.74, 6) is -0.0557. The van der Waals surface area contributed by atoms with E-state index in [1.54, 1.807) is 12.3 Å². The minimum Gasteiger partial charge on any atom is -0.395 e. The average molecular weight is 386 g/mol. The number of benzene rings is 1. The molecule has 2 aliphatic rings. The first-order valence-corrected chi connectivity index (χ1v) is 10.1. The normalized spacial score (nSPS) is 23.4. The van der Waals surface area contributed by atoms with Crippen LogP contribution in [0.25, 0.3) is 0 Å². The van der Waals surface area contributed by atoms with Gasteiger partial charge in [0.1, 0.15) is 5.82 Å². The zero-order chi connectivity index (χ0) is 19.5. The Morgan fingerprint density at radius 3 is 2.89 bits per heavy atom. The lowest BCUT2D eigenvalue weighted by Gasteiger charge is -2.25. The van der Waals surface area contributed by atoms with Crippen LogP contribution in [0, 0.1) is 11.7 Å². The van der Waals surface area contributed by atoms with Crippen LogP contribution in [0.4, 0.5) is 10.1 Å². The van der Waals surface area contributed by atoms with Crippen molar-refractivity contribution in [3.8, 4) is 0 Å². The van der Waals surface area contributed by atoms with Gasteiger partial charge < -0.3 is 10.4 Å². The van der Waals surface area contributed by atoms with E-state index in [2.05, 4.69) is 15.3 Å². The van der Waals surface area contributed by atoms with Crippen molar-refractivity contribution in [2.24, 2.45) is 5.92 Å². The molecule has 2 atom stereocenters. The van der Waals surface area contributed by atoms with Gasteiger partial charge in [-0.25, -0.2) is 4.39 Å². The Bertz CT molecular complexity index is 818. The fourth-order valence-electron chi connectivity index (χ4n) is 4.52. The molecule has 150 valence electrons. The van der Waals surface area contributed by atoms with Crippen molar-refractivity contribution in [3.05, 3.63) is 48.0 Å². The van der Waals surface area contributed by atoms with E-state index in [-0.39, 0.29) is 30.2 Å². The van der Waals surface area contributed by atoms with E-state index >= 15 is 0 Å². The summed E-state index contributed by atoms with van der Waals surface area (Å²) in [5, 5.41) is 17.0. The standard InChI is InChI=1S/C21H27FN4O2/c22-17-7-3-6-16(8-17)21(28)24-18-10-23-26(12-18)19-9-20(14-27)25(13-19)11-15-4-1-2-5-15/h3,6-8,10,12,15,19-20,27H,1-2,4-5,9,11,13-14H2,(H,24,28)/t19-,20-/m0/s1. The van der Waals surface area contributed by atoms with Gasteiger partial charge in [0, 0.05) is 30.9 Å². The molecule has 1 aliphatic heterocycles. The van der Waals surface area contributed by atoms with Gasteiger partial charge in [-0.1, -0.05) is 18.9 Å². The molecule has 1 saturated heterocycles. The van der Waals surface area contributed by atoms with Crippen LogP contribution in [0.2, 0.25) is 0 Å². The summed E-state index contributed by atoms with van der Waals surface area (Å²) < 4.78 is 15.2. The number of aliphatic hydroxyl groups is 1. The highest BCUT2D eigenvalue weighted by Crippen LogP contribution is 2.32. The molecule has 6 nitrogen and oxygen atoms in total. The van der Waals surface area contributed by atoms with Crippen molar-refractivity contribution in [1.82, 2.24) is 14.7 Å². The molecule has 0 bridgehead atoms. The Kier molecular flexibility index (Phi) is 5.73. The second-order valence-corrected chi connectivity index (χ2v) is 8.00. The lowest BCUT2D eigenvalue weighted by Crippen LogP contribution is -2.35. The fraction of sp³-hybridized carbons (Fsp3) is 0.524. The molecule has 1 aromatic carbocycles. The summed E-state index contributed by atoms with van der Waals surface area (Å²) in [4.78, 5) is 14.7. The minimum absolute atomic E-state index is 0.160. The highest BCUT2D eigenvalue weighted by Gasteiger charge is 2.34. The molecule has 4 rings (SSSR count). The Morgan fingerprint density at radius 2 is 2.14 bits per heavy atom. The molecule has 2 aromatic rings. The molecule has 1 aromatic heterocycles. The molecule has 1 amide bonds. The third kappa shape index (κ3) is 4.25. The van der Waals surface area contributed by atoms with E-state index in [4.69, 9.17) is 0 Å². The lowest BCUT2D eigenvalue weighted by atomic mass is 10.1. The number of amides is 1. The van der Waals surface area contributed by atoms with Crippen LogP contribution in [-0.2, 0) is 0 Å². The van der Waals surface area contributed by atoms with Crippen molar-refractivity contribution in [1.29, 1.82) is 0 Å². The summed E-state index contributed by atoms with van der Waals surface area (Å²) in [5.41, 5.74) is 0.862. The smallest absolute Gasteiger partial charge is 0.255 e. The van der Waals surface area contributed by atoms with Crippen LogP contribution in [0.15, 0.2) is 36.7 Å². The van der Waals surface area contributed by atoms with Crippen LogP contribution < -0.4 is 5.32 Å². The second kappa shape index (κ2) is 8.41. The zero-order valence-corrected chi connectivity index (χ0v) is 15.9. The number of hydrogen-bond donors (Lipinski definition) is 2. The Balaban J connectivity index is 1.39. The molecule has 0 unspecified atom stereocenters. The lowest BCUT2D eigenvalue weighted by molar-refractivity contribution is 0.102. The number of aromatic nitrogens is 2. The SMILES string of the molecule is O=C(Nc1cnn([C@H]2C[C@@H](CO)N(CC3CCCC3)C2)c1)c1cccc(F)c1. The monoisotopic (exact) mass is 386 g/mol. The average Bonchev–Trinajstić information content (AvgIpc) is 3.43. The maximum atomic E-state index is 13.3. The molecule has 1 aliphatic carbocycles. The highest BCUT2D eigenvalue weighted by molar-refractivity contribution is 6.04. The quantitative estimate of drug-likeness (QED) is 0.801. The van der Waals surface area contributed by atoms with E-state index in [1.807, 2.05) is 10.9 Å². The number of aliphatic hydroxyl groups excluding tert-OH is 1. The number of anilines is 1. The summed E-state index contributed by atoms with van der Waals surface area (Å²) in [6, 6.07) is 5.96. The largest absolute Gasteiger partial charge is 0.395 e. The van der Waals surface area contributed by atoms with Gasteiger partial charge in [-0.15, -0.1) is 0 Å². The number of rotatable bonds is 6. The third-order valence-electron chi connectivity index (χ3n) is 6.00. The van der Waals surface area contributed by atoms with Gasteiger partial charge in [0.15, 0.2) is 0 Å². The minimum atomic E-state index is -0.438. The third-order valence-corrected chi connectivity index (χ3v) is 6.00. The van der Waals surface area contributed by atoms with Gasteiger partial charge in [-0.2, -0.15) is 5.10 Å². The van der Waals surface area contributed by atoms with Crippen LogP contribution in [0.5, 0.6) is 0 Å². The molecular formula is C21H27FN4O2. The van der Waals surface area contributed by atoms with Gasteiger partial charge in [0.05, 0.1) is 24.5 Å². The van der Waals surface area contributed by atoms with Crippen molar-refractivity contribution in [3.63, 3.8) is 0 Å². The number of likely N-dealkylation sites (tertiary alicyclic amines) is 1. The van der Waals surface area contributed by atoms with E-state index in [1.165, 1.54) is 43.9 Å². The maximum absolute atomic E-state index is 13.3. The molecular weight excluding hydrogens is 359 g/mol. The summed E-state index contributed by atoms with van der Waals surface area (Å²) in [6.45, 7) is 2.07. The molecule has 0 spiro atoms. The Hall–Kier alpha value is -2.25. The molecule has 2 heterocycles. The molecule has 28 heavy (non-hydrogen) atoms. The number of nitrogens with zero attached hydrogens (tertiary/aromatic N) is 3. The number of carbonyl (C=O) groups is 1. The Morgan fingerprint density at radius 1 is 1.32 bits per heavy atom. The summed E-state index contributed by atoms with van der Waals surface area (Å²) in [6.07, 6.45) is 9.50. The fourth-order valence-corrected chi connectivity index (χ4v) is 4.52. The summed E-state index contributed by atoms with van der Waals surface area (Å²) >= 11 is 0. The predicted molar refractivity (Wildman–Crippen MR) is 105 cm³/mol. The first kappa shape index (κ1) is 19.1. The number of hydrogen-bond acceptors (Lipinski definition) is 4. The van der Waals surface area contributed by atoms with E-state index in [0.717, 1.165) is 25.4 Å². The van der Waals surface area contributed by atoms with Gasteiger partial charge in [-0.3, -0.25) is 14.4 Å². The van der Waals surface area contributed by atoms with Gasteiger partial charge >= 0.3 is 0 Å². The van der Waals surface area contributed by atoms with Crippen LogP contribution in [-0.4, -0.2) is 51.4 Å². The second-order valence-electron chi connectivity index (χ2n) is 8.00. The molecule has 0 radical (unpaired) electrons. The van der Waals surface area contributed by atoms with Gasteiger partial charge in [0.25, 0.3) is 5.91 Å². The van der Waals surface area contributed by atoms with Gasteiger partial charge in [-0.05, 0) is 43.4 Å². The van der Waals surface area contributed by atoms with Crippen LogP contribution in [0.1, 0.15) is 48.5 Å². The number of carbonyl (C=O) groups excluding carboxylic acids is 1. The molecule has 1 saturated carbocycles. The maximum Gasteiger partial charge on any atom is 0.255 e. The molecule has 7 heteroatoms. The zero-order valence-electron chi connectivity index (χ0n) is 15.9. The van der Waals surface area contributed by atoms with Crippen molar-refractivity contribution < 1.29 is 14.3 Å². The first-order chi connectivity index (χ1) is 13.6. The van der Waals surface area contributed by atoms with E-state index in [0.29, 0.717) is 5.69 Å². The van der Waals surface area contributed by atoms with Crippen molar-refractivity contribution in [2.75, 3.05) is 25.0 Å². The van der Waals surface area contributed by atoms with Crippen molar-refractivity contribution >= 4 is 11.6 Å². The van der Waals surface area contributed by atoms with E-state index in [9.17, 15) is 14.3 Å². The molecule has 2 N–H and O–H groups in total. The van der Waals surface area contributed by atoms with Crippen molar-refractivity contribution in [2.45, 2.75) is 44.2 Å². The molecule has 2 fully saturated rings. The first-order valence-electron chi connectivity index (χ1n) is 10.1. The van der Waals surface area contributed by atoms with Gasteiger partial charge in [0.2, 0.25) is 0 Å². The summed E-state index contributed by atoms with van der Waals surface area (Å²) in [7, 11) is 0. The highest BCUT2D eigenvalue weighted by atomic mass is 19.1. The topological polar surface area (TPSA) is 70.4 Å². The van der Waals surface area contributed by atoms with E-state index < -0.39 is 5.82 Å². The predicted octanol–water partition coefficient (Wildman–Crippen LogP) is 3.07. The number of halogens is 1. The van der Waals surface area contributed by atoms with Crippen LogP contribution in [0.3, 0.4) is 0 Å². The number of nitrogens with one attached hydrogen (secondary N) is 1.